The van der Waals surface area contributed by atoms with Crippen LogP contribution in [-0.2, 0) is 5.54 Å². The van der Waals surface area contributed by atoms with Crippen LogP contribution in [-0.4, -0.2) is 58.2 Å². The van der Waals surface area contributed by atoms with E-state index in [1.54, 1.807) is 18.3 Å². The van der Waals surface area contributed by atoms with Crippen LogP contribution in [0.15, 0.2) is 30.5 Å². The quantitative estimate of drug-likeness (QED) is 0.645. The third kappa shape index (κ3) is 3.82. The summed E-state index contributed by atoms with van der Waals surface area (Å²) in [6.45, 7) is 7.36. The number of benzene rings is 1. The molecule has 3 heterocycles. The fourth-order valence-electron chi connectivity index (χ4n) is 4.69. The lowest BCUT2D eigenvalue weighted by molar-refractivity contribution is 0.0944. The van der Waals surface area contributed by atoms with Crippen molar-refractivity contribution in [2.45, 2.75) is 44.4 Å². The molecule has 0 radical (unpaired) electrons. The predicted octanol–water partition coefficient (Wildman–Crippen LogP) is 2.55. The standard InChI is InChI=1S/C22H30FN5O2/c1-22(2,28-12-16(17(29)13-28)27-9-3-4-10-27)20-19(7-8-26-21(20)25)30-18-6-5-14(24)11-15(18)23/h5-8,11,16-17,29H,3-4,9-10,12-13,24H2,1-2H3,(H2,25,26)/t16-,17-/m1/s1. The molecule has 5 N–H and O–H groups in total. The Kier molecular flexibility index (Phi) is 5.57. The number of ether oxygens (including phenoxy) is 1. The van der Waals surface area contributed by atoms with Crippen LogP contribution in [0.3, 0.4) is 0 Å². The number of hydrogen-bond donors (Lipinski definition) is 3. The van der Waals surface area contributed by atoms with Gasteiger partial charge in [0.25, 0.3) is 0 Å². The normalized spacial score (nSPS) is 23.2. The first-order valence-corrected chi connectivity index (χ1v) is 10.4. The van der Waals surface area contributed by atoms with Gasteiger partial charge in [-0.15, -0.1) is 0 Å². The number of nitrogens with zero attached hydrogens (tertiary/aromatic N) is 3. The van der Waals surface area contributed by atoms with Crippen molar-refractivity contribution < 1.29 is 14.2 Å². The van der Waals surface area contributed by atoms with Crippen molar-refractivity contribution in [2.24, 2.45) is 0 Å². The summed E-state index contributed by atoms with van der Waals surface area (Å²) in [5.74, 6) is 0.297. The molecule has 8 heteroatoms. The molecule has 2 fully saturated rings. The Bertz CT molecular complexity index is 916. The molecule has 2 atom stereocenters. The molecule has 4 rings (SSSR count). The van der Waals surface area contributed by atoms with Crippen LogP contribution < -0.4 is 16.2 Å². The van der Waals surface area contributed by atoms with E-state index in [-0.39, 0.29) is 11.8 Å². The van der Waals surface area contributed by atoms with Gasteiger partial charge in [-0.3, -0.25) is 9.80 Å². The van der Waals surface area contributed by atoms with E-state index in [1.165, 1.54) is 25.0 Å². The molecule has 7 nitrogen and oxygen atoms in total. The number of pyridine rings is 1. The third-order valence-corrected chi connectivity index (χ3v) is 6.39. The Morgan fingerprint density at radius 3 is 2.57 bits per heavy atom. The molecule has 0 unspecified atom stereocenters. The second-order valence-electron chi connectivity index (χ2n) is 8.70. The van der Waals surface area contributed by atoms with Gasteiger partial charge in [-0.1, -0.05) is 0 Å². The maximum atomic E-state index is 14.3. The smallest absolute Gasteiger partial charge is 0.167 e. The Morgan fingerprint density at radius 2 is 1.87 bits per heavy atom. The molecule has 1 aromatic heterocycles. The van der Waals surface area contributed by atoms with Gasteiger partial charge in [-0.25, -0.2) is 9.37 Å². The number of likely N-dealkylation sites (tertiary alicyclic amines) is 2. The summed E-state index contributed by atoms with van der Waals surface area (Å²) in [5, 5.41) is 10.7. The third-order valence-electron chi connectivity index (χ3n) is 6.39. The van der Waals surface area contributed by atoms with Gasteiger partial charge in [0.05, 0.1) is 11.7 Å². The second-order valence-corrected chi connectivity index (χ2v) is 8.70. The van der Waals surface area contributed by atoms with Crippen molar-refractivity contribution in [3.05, 3.63) is 41.8 Å². The lowest BCUT2D eigenvalue weighted by atomic mass is 9.92. The van der Waals surface area contributed by atoms with Crippen LogP contribution >= 0.6 is 0 Å². The van der Waals surface area contributed by atoms with Gasteiger partial charge >= 0.3 is 0 Å². The van der Waals surface area contributed by atoms with E-state index in [4.69, 9.17) is 16.2 Å². The lowest BCUT2D eigenvalue weighted by Crippen LogP contribution is -2.44. The molecule has 0 bridgehead atoms. The van der Waals surface area contributed by atoms with E-state index < -0.39 is 17.5 Å². The molecule has 0 amide bonds. The van der Waals surface area contributed by atoms with Crippen LogP contribution in [0, 0.1) is 5.82 Å². The SMILES string of the molecule is CC(C)(c1c(Oc2ccc(N)cc2F)ccnc1N)N1C[C@@H](O)[C@H](N2CCCC2)C1. The molecule has 2 aromatic rings. The summed E-state index contributed by atoms with van der Waals surface area (Å²) in [6.07, 6.45) is 3.46. The molecule has 162 valence electrons. The van der Waals surface area contributed by atoms with Crippen molar-refractivity contribution in [1.29, 1.82) is 0 Å². The Morgan fingerprint density at radius 1 is 1.13 bits per heavy atom. The zero-order chi connectivity index (χ0) is 21.5. The van der Waals surface area contributed by atoms with Crippen LogP contribution in [0.4, 0.5) is 15.9 Å². The first-order chi connectivity index (χ1) is 14.3. The molecule has 0 spiro atoms. The van der Waals surface area contributed by atoms with Gasteiger partial charge in [0, 0.05) is 42.6 Å². The fraction of sp³-hybridized carbons (Fsp3) is 0.500. The minimum Gasteiger partial charge on any atom is -0.454 e. The Hall–Kier alpha value is -2.42. The number of hydrogen-bond acceptors (Lipinski definition) is 7. The molecule has 0 aliphatic carbocycles. The van der Waals surface area contributed by atoms with Gasteiger partial charge in [0.2, 0.25) is 0 Å². The largest absolute Gasteiger partial charge is 0.454 e. The number of aliphatic hydroxyl groups is 1. The molecule has 0 saturated carbocycles. The van der Waals surface area contributed by atoms with Gasteiger partial charge in [0.1, 0.15) is 11.6 Å². The number of nitrogens with two attached hydrogens (primary N) is 2. The minimum atomic E-state index is -0.576. The average Bonchev–Trinajstić information content (AvgIpc) is 3.33. The van der Waals surface area contributed by atoms with Gasteiger partial charge in [-0.05, 0) is 58.0 Å². The number of β-amino-alcohol motifs (C(OH)–C–C–N with tert-alkyl or cyclic N) is 1. The molecular formula is C22H30FN5O2. The van der Waals surface area contributed by atoms with E-state index in [2.05, 4.69) is 14.8 Å². The van der Waals surface area contributed by atoms with Crippen molar-refractivity contribution in [2.75, 3.05) is 37.6 Å². The van der Waals surface area contributed by atoms with Crippen LogP contribution in [0.25, 0.3) is 0 Å². The molecule has 2 aliphatic heterocycles. The lowest BCUT2D eigenvalue weighted by Gasteiger charge is -2.37. The van der Waals surface area contributed by atoms with Crippen molar-refractivity contribution in [3.63, 3.8) is 0 Å². The summed E-state index contributed by atoms with van der Waals surface area (Å²) >= 11 is 0. The highest BCUT2D eigenvalue weighted by Crippen LogP contribution is 2.42. The zero-order valence-electron chi connectivity index (χ0n) is 17.5. The van der Waals surface area contributed by atoms with Crippen molar-refractivity contribution in [3.8, 4) is 11.5 Å². The Labute approximate surface area is 176 Å². The fourth-order valence-corrected chi connectivity index (χ4v) is 4.69. The second kappa shape index (κ2) is 8.02. The van der Waals surface area contributed by atoms with Gasteiger partial charge in [-0.2, -0.15) is 0 Å². The highest BCUT2D eigenvalue weighted by molar-refractivity contribution is 5.54. The molecule has 1 aromatic carbocycles. The number of nitrogen functional groups attached to an aromatic ring is 2. The van der Waals surface area contributed by atoms with Gasteiger partial charge in [0.15, 0.2) is 11.6 Å². The van der Waals surface area contributed by atoms with Crippen molar-refractivity contribution >= 4 is 11.5 Å². The van der Waals surface area contributed by atoms with E-state index in [0.717, 1.165) is 19.6 Å². The van der Waals surface area contributed by atoms with E-state index in [9.17, 15) is 9.50 Å². The summed E-state index contributed by atoms with van der Waals surface area (Å²) < 4.78 is 20.3. The molecule has 30 heavy (non-hydrogen) atoms. The summed E-state index contributed by atoms with van der Waals surface area (Å²) in [6, 6.07) is 6.10. The van der Waals surface area contributed by atoms with E-state index in [0.29, 0.717) is 29.4 Å². The van der Waals surface area contributed by atoms with Crippen LogP contribution in [0.5, 0.6) is 11.5 Å². The summed E-state index contributed by atoms with van der Waals surface area (Å²) in [5.41, 5.74) is 12.4. The van der Waals surface area contributed by atoms with E-state index in [1.807, 2.05) is 13.8 Å². The average molecular weight is 416 g/mol. The highest BCUT2D eigenvalue weighted by atomic mass is 19.1. The van der Waals surface area contributed by atoms with Crippen LogP contribution in [0.2, 0.25) is 0 Å². The number of aromatic nitrogens is 1. The molecule has 2 saturated heterocycles. The molecular weight excluding hydrogens is 385 g/mol. The predicted molar refractivity (Wildman–Crippen MR) is 115 cm³/mol. The van der Waals surface area contributed by atoms with Crippen LogP contribution in [0.1, 0.15) is 32.3 Å². The maximum Gasteiger partial charge on any atom is 0.167 e. The molecule has 2 aliphatic rings. The first kappa shape index (κ1) is 20.8. The van der Waals surface area contributed by atoms with E-state index >= 15 is 0 Å². The Balaban J connectivity index is 1.64. The monoisotopic (exact) mass is 415 g/mol. The number of rotatable bonds is 5. The van der Waals surface area contributed by atoms with Gasteiger partial charge < -0.3 is 21.3 Å². The summed E-state index contributed by atoms with van der Waals surface area (Å²) in [7, 11) is 0. The number of halogens is 1. The topological polar surface area (TPSA) is 101 Å². The summed E-state index contributed by atoms with van der Waals surface area (Å²) in [4.78, 5) is 8.83. The maximum absolute atomic E-state index is 14.3. The first-order valence-electron chi connectivity index (χ1n) is 10.4. The van der Waals surface area contributed by atoms with Crippen molar-refractivity contribution in [1.82, 2.24) is 14.8 Å². The number of aliphatic hydroxyl groups excluding tert-OH is 1. The highest BCUT2D eigenvalue weighted by Gasteiger charge is 2.44. The minimum absolute atomic E-state index is 0.0725. The number of anilines is 2. The zero-order valence-corrected chi connectivity index (χ0v) is 17.5.